The van der Waals surface area contributed by atoms with Gasteiger partial charge in [0.2, 0.25) is 0 Å². The number of hydrogen-bond donors (Lipinski definition) is 0. The Morgan fingerprint density at radius 1 is 0.919 bits per heavy atom. The first kappa shape index (κ1) is 25.6. The Bertz CT molecular complexity index is 1310. The van der Waals surface area contributed by atoms with Gasteiger partial charge in [-0.3, -0.25) is 9.59 Å². The minimum absolute atomic E-state index is 0.0337. The number of carbonyl (C=O) groups is 2. The number of nitrogens with zero attached hydrogens (tertiary/aromatic N) is 5. The van der Waals surface area contributed by atoms with Gasteiger partial charge in [0, 0.05) is 61.3 Å². The molecule has 7 nitrogen and oxygen atoms in total. The summed E-state index contributed by atoms with van der Waals surface area (Å²) in [5, 5.41) is 9.91. The van der Waals surface area contributed by atoms with Crippen molar-refractivity contribution in [3.8, 4) is 0 Å². The summed E-state index contributed by atoms with van der Waals surface area (Å²) in [5.41, 5.74) is 4.53. The summed E-state index contributed by atoms with van der Waals surface area (Å²) in [6.45, 7) is 4.63. The van der Waals surface area contributed by atoms with Crippen LogP contribution in [0.15, 0.2) is 48.5 Å². The Hall–Kier alpha value is -3.00. The molecule has 2 aromatic carbocycles. The van der Waals surface area contributed by atoms with Crippen LogP contribution in [0.2, 0.25) is 10.0 Å². The molecule has 0 saturated carbocycles. The van der Waals surface area contributed by atoms with Gasteiger partial charge in [0.05, 0.1) is 11.4 Å². The third-order valence-electron chi connectivity index (χ3n) is 7.04. The average molecular weight is 538 g/mol. The van der Waals surface area contributed by atoms with Gasteiger partial charge in [0.25, 0.3) is 5.91 Å². The van der Waals surface area contributed by atoms with Gasteiger partial charge in [0.1, 0.15) is 5.69 Å². The molecule has 0 radical (unpaired) electrons. The molecule has 1 aromatic heterocycles. The summed E-state index contributed by atoms with van der Waals surface area (Å²) in [5.74, 6) is -0.0776. The maximum absolute atomic E-state index is 13.1. The molecular formula is C28H29Cl2N5O2. The molecule has 3 aromatic rings. The van der Waals surface area contributed by atoms with Gasteiger partial charge in [-0.05, 0) is 67.4 Å². The van der Waals surface area contributed by atoms with E-state index in [1.807, 2.05) is 29.2 Å². The van der Waals surface area contributed by atoms with E-state index in [4.69, 9.17) is 23.2 Å². The number of aryl methyl sites for hydroxylation is 1. The van der Waals surface area contributed by atoms with Crippen molar-refractivity contribution >= 4 is 40.6 Å². The van der Waals surface area contributed by atoms with Crippen molar-refractivity contribution in [3.05, 3.63) is 86.7 Å². The third-order valence-corrected chi connectivity index (χ3v) is 7.64. The molecule has 37 heavy (non-hydrogen) atoms. The SMILES string of the molecule is CN1CCN(C(=O)c2ccc(CC(=O)c3cc4c(nn3)CCCN4Cc3cc(Cl)ccc3Cl)cc2)CC1. The van der Waals surface area contributed by atoms with E-state index in [1.165, 1.54) is 0 Å². The van der Waals surface area contributed by atoms with Crippen molar-refractivity contribution in [2.75, 3.05) is 44.7 Å². The van der Waals surface area contributed by atoms with Gasteiger partial charge in [-0.15, -0.1) is 5.10 Å². The van der Waals surface area contributed by atoms with Crippen LogP contribution < -0.4 is 4.90 Å². The van der Waals surface area contributed by atoms with Crippen molar-refractivity contribution in [1.82, 2.24) is 20.0 Å². The van der Waals surface area contributed by atoms with Crippen molar-refractivity contribution < 1.29 is 9.59 Å². The van der Waals surface area contributed by atoms with Crippen molar-refractivity contribution in [2.24, 2.45) is 0 Å². The number of benzene rings is 2. The van der Waals surface area contributed by atoms with E-state index in [0.717, 1.165) is 68.1 Å². The lowest BCUT2D eigenvalue weighted by atomic mass is 10.0. The number of ketones is 1. The van der Waals surface area contributed by atoms with Gasteiger partial charge in [-0.1, -0.05) is 35.3 Å². The third kappa shape index (κ3) is 5.95. The summed E-state index contributed by atoms with van der Waals surface area (Å²) in [6.07, 6.45) is 1.96. The van der Waals surface area contributed by atoms with Crippen molar-refractivity contribution in [3.63, 3.8) is 0 Å². The predicted octanol–water partition coefficient (Wildman–Crippen LogP) is 4.55. The Balaban J connectivity index is 1.28. The van der Waals surface area contributed by atoms with Crippen LogP contribution >= 0.6 is 23.2 Å². The largest absolute Gasteiger partial charge is 0.366 e. The standard InChI is InChI=1S/C28H29Cl2N5O2/c1-33-11-13-34(14-12-33)28(37)20-6-4-19(5-7-20)15-27(36)25-17-26-24(31-32-25)3-2-10-35(26)18-21-16-22(29)8-9-23(21)30/h4-9,16-17H,2-3,10-15,18H2,1H3. The first-order valence-corrected chi connectivity index (χ1v) is 13.3. The van der Waals surface area contributed by atoms with Gasteiger partial charge in [-0.25, -0.2) is 0 Å². The molecule has 1 fully saturated rings. The van der Waals surface area contributed by atoms with Crippen LogP contribution in [0.1, 0.15) is 44.1 Å². The maximum Gasteiger partial charge on any atom is 0.253 e. The summed E-state index contributed by atoms with van der Waals surface area (Å²) >= 11 is 12.6. The van der Waals surface area contributed by atoms with E-state index in [9.17, 15) is 9.59 Å². The Morgan fingerprint density at radius 3 is 2.43 bits per heavy atom. The highest BCUT2D eigenvalue weighted by Crippen LogP contribution is 2.30. The number of Topliss-reactive ketones (excluding diaryl/α,β-unsaturated/α-hetero) is 1. The fraction of sp³-hybridized carbons (Fsp3) is 0.357. The zero-order valence-corrected chi connectivity index (χ0v) is 22.3. The first-order chi connectivity index (χ1) is 17.9. The second kappa shape index (κ2) is 11.2. The lowest BCUT2D eigenvalue weighted by molar-refractivity contribution is 0.0664. The Labute approximate surface area is 227 Å². The lowest BCUT2D eigenvalue weighted by Gasteiger charge is -2.32. The van der Waals surface area contributed by atoms with Crippen molar-refractivity contribution in [1.29, 1.82) is 0 Å². The summed E-state index contributed by atoms with van der Waals surface area (Å²) < 4.78 is 0. The second-order valence-electron chi connectivity index (χ2n) is 9.71. The lowest BCUT2D eigenvalue weighted by Crippen LogP contribution is -2.47. The number of halogens is 2. The van der Waals surface area contributed by atoms with E-state index < -0.39 is 0 Å². The van der Waals surface area contributed by atoms with E-state index in [-0.39, 0.29) is 18.1 Å². The first-order valence-electron chi connectivity index (χ1n) is 12.5. The molecule has 1 amide bonds. The minimum atomic E-state index is -0.111. The van der Waals surface area contributed by atoms with Crippen LogP contribution in [0.3, 0.4) is 0 Å². The minimum Gasteiger partial charge on any atom is -0.366 e. The maximum atomic E-state index is 13.1. The average Bonchev–Trinajstić information content (AvgIpc) is 2.91. The van der Waals surface area contributed by atoms with E-state index >= 15 is 0 Å². The molecule has 0 atom stereocenters. The topological polar surface area (TPSA) is 69.6 Å². The second-order valence-corrected chi connectivity index (χ2v) is 10.6. The molecule has 192 valence electrons. The highest BCUT2D eigenvalue weighted by Gasteiger charge is 2.23. The van der Waals surface area contributed by atoms with Crippen LogP contribution in [0, 0.1) is 0 Å². The number of anilines is 1. The summed E-state index contributed by atoms with van der Waals surface area (Å²) in [7, 11) is 2.06. The zero-order chi connectivity index (χ0) is 25.9. The molecule has 0 unspecified atom stereocenters. The predicted molar refractivity (Wildman–Crippen MR) is 146 cm³/mol. The number of likely N-dealkylation sites (N-methyl/N-ethyl adjacent to an activating group) is 1. The van der Waals surface area contributed by atoms with Gasteiger partial charge >= 0.3 is 0 Å². The van der Waals surface area contributed by atoms with E-state index in [0.29, 0.717) is 27.8 Å². The number of piperazine rings is 1. The number of rotatable bonds is 6. The van der Waals surface area contributed by atoms with E-state index in [1.54, 1.807) is 24.3 Å². The van der Waals surface area contributed by atoms with Crippen LogP contribution in [0.5, 0.6) is 0 Å². The summed E-state index contributed by atoms with van der Waals surface area (Å²) in [6, 6.07) is 14.6. The smallest absolute Gasteiger partial charge is 0.253 e. The van der Waals surface area contributed by atoms with Crippen LogP contribution in [0.25, 0.3) is 0 Å². The number of amides is 1. The highest BCUT2D eigenvalue weighted by atomic mass is 35.5. The fourth-order valence-electron chi connectivity index (χ4n) is 4.82. The van der Waals surface area contributed by atoms with Gasteiger partial charge in [-0.2, -0.15) is 5.10 Å². The molecule has 0 aliphatic carbocycles. The van der Waals surface area contributed by atoms with Crippen molar-refractivity contribution in [2.45, 2.75) is 25.8 Å². The molecule has 9 heteroatoms. The molecule has 5 rings (SSSR count). The number of fused-ring (bicyclic) bond motifs is 1. The Kier molecular flexibility index (Phi) is 7.74. The zero-order valence-electron chi connectivity index (χ0n) is 20.8. The van der Waals surface area contributed by atoms with Crippen LogP contribution in [-0.2, 0) is 19.4 Å². The Morgan fingerprint density at radius 2 is 1.68 bits per heavy atom. The molecule has 0 bridgehead atoms. The van der Waals surface area contributed by atoms with Gasteiger partial charge < -0.3 is 14.7 Å². The van der Waals surface area contributed by atoms with Gasteiger partial charge in [0.15, 0.2) is 5.78 Å². The molecule has 0 N–H and O–H groups in total. The normalized spacial score (nSPS) is 16.0. The molecule has 1 saturated heterocycles. The summed E-state index contributed by atoms with van der Waals surface area (Å²) in [4.78, 5) is 32.2. The van der Waals surface area contributed by atoms with Crippen LogP contribution in [-0.4, -0.2) is 71.5 Å². The monoisotopic (exact) mass is 537 g/mol. The number of carbonyl (C=O) groups excluding carboxylic acids is 2. The molecule has 0 spiro atoms. The van der Waals surface area contributed by atoms with E-state index in [2.05, 4.69) is 27.0 Å². The molecule has 3 heterocycles. The molecular weight excluding hydrogens is 509 g/mol. The molecule has 2 aliphatic rings. The fourth-order valence-corrected chi connectivity index (χ4v) is 5.19. The van der Waals surface area contributed by atoms with Crippen LogP contribution in [0.4, 0.5) is 5.69 Å². The highest BCUT2D eigenvalue weighted by molar-refractivity contribution is 6.33. The number of aromatic nitrogens is 2. The number of hydrogen-bond acceptors (Lipinski definition) is 6. The quantitative estimate of drug-likeness (QED) is 0.429. The molecule has 2 aliphatic heterocycles.